The standard InChI is InChI=1S/C25H21N5OS/c1-16-10-12-20(13-11-16)30-17(2)23(28-29-30)24(31)27-25-26-15-21(32-25)14-19-8-5-7-18-6-3-4-9-22(18)19/h3-13,15H,14H2,1-2H3,(H,26,27,31). The van der Waals surface area contributed by atoms with E-state index in [4.69, 9.17) is 0 Å². The maximum atomic E-state index is 12.8. The summed E-state index contributed by atoms with van der Waals surface area (Å²) >= 11 is 1.47. The Morgan fingerprint density at radius 3 is 2.62 bits per heavy atom. The van der Waals surface area contributed by atoms with Gasteiger partial charge in [0.1, 0.15) is 0 Å². The number of carbonyl (C=O) groups excluding carboxylic acids is 1. The van der Waals surface area contributed by atoms with Crippen molar-refractivity contribution in [2.45, 2.75) is 20.3 Å². The van der Waals surface area contributed by atoms with Gasteiger partial charge in [0.25, 0.3) is 5.91 Å². The summed E-state index contributed by atoms with van der Waals surface area (Å²) in [6.45, 7) is 3.86. The Kier molecular flexibility index (Phi) is 5.25. The van der Waals surface area contributed by atoms with Crippen molar-refractivity contribution in [1.82, 2.24) is 20.0 Å². The Bertz CT molecular complexity index is 1410. The Balaban J connectivity index is 1.33. The Morgan fingerprint density at radius 2 is 1.78 bits per heavy atom. The molecule has 0 spiro atoms. The predicted molar refractivity (Wildman–Crippen MR) is 128 cm³/mol. The maximum absolute atomic E-state index is 12.8. The van der Waals surface area contributed by atoms with Crippen LogP contribution in [0.25, 0.3) is 16.5 Å². The fourth-order valence-electron chi connectivity index (χ4n) is 3.71. The fraction of sp³-hybridized carbons (Fsp3) is 0.120. The largest absolute Gasteiger partial charge is 0.296 e. The third-order valence-electron chi connectivity index (χ3n) is 5.41. The van der Waals surface area contributed by atoms with Gasteiger partial charge in [0.15, 0.2) is 10.8 Å². The van der Waals surface area contributed by atoms with Crippen molar-refractivity contribution in [3.63, 3.8) is 0 Å². The number of aromatic nitrogens is 4. The molecule has 158 valence electrons. The monoisotopic (exact) mass is 439 g/mol. The van der Waals surface area contributed by atoms with Gasteiger partial charge < -0.3 is 0 Å². The van der Waals surface area contributed by atoms with E-state index in [-0.39, 0.29) is 11.6 Å². The van der Waals surface area contributed by atoms with E-state index in [9.17, 15) is 4.79 Å². The summed E-state index contributed by atoms with van der Waals surface area (Å²) < 4.78 is 1.67. The molecule has 0 bridgehead atoms. The molecule has 0 saturated carbocycles. The molecule has 1 N–H and O–H groups in total. The number of hydrogen-bond donors (Lipinski definition) is 1. The topological polar surface area (TPSA) is 72.7 Å². The van der Waals surface area contributed by atoms with Gasteiger partial charge >= 0.3 is 0 Å². The Hall–Kier alpha value is -3.84. The number of benzene rings is 3. The highest BCUT2D eigenvalue weighted by Crippen LogP contribution is 2.26. The van der Waals surface area contributed by atoms with Crippen LogP contribution < -0.4 is 5.32 Å². The molecule has 2 heterocycles. The molecular formula is C25H21N5OS. The van der Waals surface area contributed by atoms with Crippen molar-refractivity contribution in [2.75, 3.05) is 5.32 Å². The van der Waals surface area contributed by atoms with Crippen molar-refractivity contribution in [3.8, 4) is 5.69 Å². The lowest BCUT2D eigenvalue weighted by Crippen LogP contribution is -2.14. The lowest BCUT2D eigenvalue weighted by molar-refractivity contribution is 0.102. The van der Waals surface area contributed by atoms with Gasteiger partial charge in [-0.05, 0) is 42.3 Å². The molecule has 0 aliphatic heterocycles. The van der Waals surface area contributed by atoms with Gasteiger partial charge in [-0.1, -0.05) is 65.4 Å². The molecule has 0 radical (unpaired) electrons. The van der Waals surface area contributed by atoms with Crippen molar-refractivity contribution in [3.05, 3.63) is 100 Å². The van der Waals surface area contributed by atoms with E-state index in [1.54, 1.807) is 4.68 Å². The van der Waals surface area contributed by atoms with E-state index in [1.165, 1.54) is 27.7 Å². The van der Waals surface area contributed by atoms with Crippen molar-refractivity contribution >= 4 is 33.1 Å². The van der Waals surface area contributed by atoms with Gasteiger partial charge in [0.2, 0.25) is 0 Å². The first kappa shape index (κ1) is 20.1. The highest BCUT2D eigenvalue weighted by atomic mass is 32.1. The van der Waals surface area contributed by atoms with E-state index >= 15 is 0 Å². The van der Waals surface area contributed by atoms with Crippen LogP contribution in [0.3, 0.4) is 0 Å². The van der Waals surface area contributed by atoms with Gasteiger partial charge in [-0.25, -0.2) is 9.67 Å². The first-order valence-electron chi connectivity index (χ1n) is 10.3. The van der Waals surface area contributed by atoms with E-state index < -0.39 is 0 Å². The van der Waals surface area contributed by atoms with Crippen LogP contribution in [0.5, 0.6) is 0 Å². The smallest absolute Gasteiger partial charge is 0.279 e. The van der Waals surface area contributed by atoms with Gasteiger partial charge in [0.05, 0.1) is 11.4 Å². The average molecular weight is 440 g/mol. The quantitative estimate of drug-likeness (QED) is 0.401. The van der Waals surface area contributed by atoms with Gasteiger partial charge in [-0.3, -0.25) is 10.1 Å². The number of anilines is 1. The molecule has 0 atom stereocenters. The second kappa shape index (κ2) is 8.36. The van der Waals surface area contributed by atoms with Crippen LogP contribution in [0.15, 0.2) is 72.9 Å². The zero-order valence-electron chi connectivity index (χ0n) is 17.7. The minimum absolute atomic E-state index is 0.288. The molecule has 0 unspecified atom stereocenters. The summed E-state index contributed by atoms with van der Waals surface area (Å²) in [4.78, 5) is 18.3. The number of fused-ring (bicyclic) bond motifs is 1. The minimum atomic E-state index is -0.313. The number of nitrogens with zero attached hydrogens (tertiary/aromatic N) is 4. The summed E-state index contributed by atoms with van der Waals surface area (Å²) in [5.41, 5.74) is 4.23. The molecule has 0 saturated heterocycles. The second-order valence-corrected chi connectivity index (χ2v) is 8.79. The Morgan fingerprint density at radius 1 is 1.00 bits per heavy atom. The summed E-state index contributed by atoms with van der Waals surface area (Å²) in [6, 6.07) is 22.6. The zero-order valence-corrected chi connectivity index (χ0v) is 18.6. The molecule has 7 heteroatoms. The van der Waals surface area contributed by atoms with Crippen LogP contribution in [0, 0.1) is 13.8 Å². The molecule has 3 aromatic carbocycles. The molecule has 5 aromatic rings. The number of thiazole rings is 1. The number of aryl methyl sites for hydroxylation is 1. The van der Waals surface area contributed by atoms with Gasteiger partial charge in [0, 0.05) is 17.5 Å². The highest BCUT2D eigenvalue weighted by Gasteiger charge is 2.19. The van der Waals surface area contributed by atoms with Crippen LogP contribution >= 0.6 is 11.3 Å². The van der Waals surface area contributed by atoms with Crippen molar-refractivity contribution in [1.29, 1.82) is 0 Å². The molecule has 0 aliphatic carbocycles. The number of amides is 1. The molecule has 1 amide bonds. The highest BCUT2D eigenvalue weighted by molar-refractivity contribution is 7.15. The molecule has 2 aromatic heterocycles. The van der Waals surface area contributed by atoms with Crippen molar-refractivity contribution < 1.29 is 4.79 Å². The SMILES string of the molecule is Cc1ccc(-n2nnc(C(=O)Nc3ncc(Cc4cccc5ccccc45)s3)c2C)cc1. The van der Waals surface area contributed by atoms with E-state index in [0.29, 0.717) is 10.8 Å². The van der Waals surface area contributed by atoms with Crippen LogP contribution in [-0.4, -0.2) is 25.9 Å². The second-order valence-electron chi connectivity index (χ2n) is 7.67. The third kappa shape index (κ3) is 3.90. The third-order valence-corrected chi connectivity index (χ3v) is 6.32. The molecule has 0 fully saturated rings. The molecule has 32 heavy (non-hydrogen) atoms. The summed E-state index contributed by atoms with van der Waals surface area (Å²) in [7, 11) is 0. The molecule has 0 aliphatic rings. The average Bonchev–Trinajstić information content (AvgIpc) is 3.41. The van der Waals surface area contributed by atoms with E-state index in [2.05, 4.69) is 57.0 Å². The summed E-state index contributed by atoms with van der Waals surface area (Å²) in [6.07, 6.45) is 2.58. The normalized spacial score (nSPS) is 11.1. The summed E-state index contributed by atoms with van der Waals surface area (Å²) in [5.74, 6) is -0.313. The number of nitrogens with one attached hydrogen (secondary N) is 1. The number of rotatable bonds is 5. The zero-order chi connectivity index (χ0) is 22.1. The molecular weight excluding hydrogens is 418 g/mol. The summed E-state index contributed by atoms with van der Waals surface area (Å²) in [5, 5.41) is 14.1. The fourth-order valence-corrected chi connectivity index (χ4v) is 4.54. The minimum Gasteiger partial charge on any atom is -0.296 e. The van der Waals surface area contributed by atoms with Gasteiger partial charge in [-0.15, -0.1) is 16.4 Å². The van der Waals surface area contributed by atoms with Crippen LogP contribution in [-0.2, 0) is 6.42 Å². The van der Waals surface area contributed by atoms with E-state index in [1.807, 2.05) is 50.4 Å². The van der Waals surface area contributed by atoms with E-state index in [0.717, 1.165) is 22.5 Å². The Labute approximate surface area is 189 Å². The predicted octanol–water partition coefficient (Wildman–Crippen LogP) is 5.34. The maximum Gasteiger partial charge on any atom is 0.279 e. The number of carbonyl (C=O) groups is 1. The van der Waals surface area contributed by atoms with Crippen LogP contribution in [0.2, 0.25) is 0 Å². The lowest BCUT2D eigenvalue weighted by atomic mass is 10.0. The van der Waals surface area contributed by atoms with Crippen LogP contribution in [0.1, 0.15) is 32.2 Å². The van der Waals surface area contributed by atoms with Crippen LogP contribution in [0.4, 0.5) is 5.13 Å². The van der Waals surface area contributed by atoms with Gasteiger partial charge in [-0.2, -0.15) is 0 Å². The number of hydrogen-bond acceptors (Lipinski definition) is 5. The first-order valence-corrected chi connectivity index (χ1v) is 11.1. The van der Waals surface area contributed by atoms with Crippen molar-refractivity contribution in [2.24, 2.45) is 0 Å². The molecule has 5 rings (SSSR count). The first-order chi connectivity index (χ1) is 15.6. The lowest BCUT2D eigenvalue weighted by Gasteiger charge is -2.05. The molecule has 6 nitrogen and oxygen atoms in total.